The second-order valence-corrected chi connectivity index (χ2v) is 2.63. The Labute approximate surface area is 77.0 Å². The maximum absolute atomic E-state index is 11.3. The molecule has 0 aliphatic carbocycles. The minimum absolute atomic E-state index is 0.184. The minimum atomic E-state index is -0.184. The van der Waals surface area contributed by atoms with Crippen molar-refractivity contribution in [3.8, 4) is 12.3 Å². The number of nitrogens with one attached hydrogen (secondary N) is 1. The molecule has 0 unspecified atom stereocenters. The Kier molecular flexibility index (Phi) is 3.09. The maximum Gasteiger partial charge on any atom is 0.271 e. The molecule has 4 heteroatoms. The van der Waals surface area contributed by atoms with E-state index in [1.54, 1.807) is 17.1 Å². The topological polar surface area (TPSA) is 46.9 Å². The van der Waals surface area contributed by atoms with Gasteiger partial charge in [0.15, 0.2) is 0 Å². The third-order valence-electron chi connectivity index (χ3n) is 1.49. The van der Waals surface area contributed by atoms with Crippen LogP contribution in [-0.2, 0) is 7.05 Å². The van der Waals surface area contributed by atoms with Crippen molar-refractivity contribution in [3.63, 3.8) is 0 Å². The second-order valence-electron chi connectivity index (χ2n) is 2.63. The maximum atomic E-state index is 11.3. The molecule has 0 saturated carbocycles. The van der Waals surface area contributed by atoms with Gasteiger partial charge in [0.25, 0.3) is 5.91 Å². The van der Waals surface area contributed by atoms with Crippen molar-refractivity contribution >= 4 is 5.91 Å². The van der Waals surface area contributed by atoms with Gasteiger partial charge in [0, 0.05) is 26.2 Å². The van der Waals surface area contributed by atoms with Gasteiger partial charge in [-0.2, -0.15) is 0 Å². The largest absolute Gasteiger partial charge is 0.350 e. The summed E-state index contributed by atoms with van der Waals surface area (Å²) >= 11 is 0. The molecule has 1 heterocycles. The normalized spacial score (nSPS) is 9.23. The van der Waals surface area contributed by atoms with Gasteiger partial charge >= 0.3 is 0 Å². The Hall–Kier alpha value is -1.76. The summed E-state index contributed by atoms with van der Waals surface area (Å²) in [5.74, 6) is 2.25. The number of hydrogen-bond donors (Lipinski definition) is 1. The summed E-state index contributed by atoms with van der Waals surface area (Å²) in [5.41, 5.74) is 0.416. The predicted molar refractivity (Wildman–Crippen MR) is 49.0 cm³/mol. The summed E-state index contributed by atoms with van der Waals surface area (Å²) in [6.07, 6.45) is 8.81. The standard InChI is InChI=1S/C9H11N3O/c1-3-4-5-10-9(13)8-6-12(2)7-11-8/h1,6-7H,4-5H2,2H3,(H,10,13). The van der Waals surface area contributed by atoms with Gasteiger partial charge in [-0.3, -0.25) is 4.79 Å². The molecule has 0 saturated heterocycles. The lowest BCUT2D eigenvalue weighted by Gasteiger charge is -1.98. The van der Waals surface area contributed by atoms with Gasteiger partial charge in [0.2, 0.25) is 0 Å². The molecule has 1 aromatic rings. The van der Waals surface area contributed by atoms with Gasteiger partial charge in [0.05, 0.1) is 6.33 Å². The predicted octanol–water partition coefficient (Wildman–Crippen LogP) is 0.173. The smallest absolute Gasteiger partial charge is 0.271 e. The molecule has 1 amide bonds. The van der Waals surface area contributed by atoms with E-state index >= 15 is 0 Å². The molecule has 0 aliphatic rings. The van der Waals surface area contributed by atoms with Crippen molar-refractivity contribution < 1.29 is 4.79 Å². The third kappa shape index (κ3) is 2.64. The van der Waals surface area contributed by atoms with Crippen LogP contribution in [0.25, 0.3) is 0 Å². The van der Waals surface area contributed by atoms with Crippen molar-refractivity contribution in [1.29, 1.82) is 0 Å². The van der Waals surface area contributed by atoms with Crippen molar-refractivity contribution in [3.05, 3.63) is 18.2 Å². The van der Waals surface area contributed by atoms with Crippen LogP contribution in [0, 0.1) is 12.3 Å². The van der Waals surface area contributed by atoms with Crippen LogP contribution in [0.1, 0.15) is 16.9 Å². The lowest BCUT2D eigenvalue weighted by molar-refractivity contribution is 0.0950. The van der Waals surface area contributed by atoms with E-state index in [-0.39, 0.29) is 5.91 Å². The van der Waals surface area contributed by atoms with E-state index < -0.39 is 0 Å². The van der Waals surface area contributed by atoms with E-state index in [0.717, 1.165) is 0 Å². The monoisotopic (exact) mass is 177 g/mol. The van der Waals surface area contributed by atoms with Gasteiger partial charge in [-0.05, 0) is 0 Å². The lowest BCUT2D eigenvalue weighted by Crippen LogP contribution is -2.24. The van der Waals surface area contributed by atoms with Gasteiger partial charge in [-0.1, -0.05) is 0 Å². The molecule has 13 heavy (non-hydrogen) atoms. The van der Waals surface area contributed by atoms with Crippen LogP contribution < -0.4 is 5.32 Å². The molecule has 1 rings (SSSR count). The Morgan fingerprint density at radius 3 is 3.15 bits per heavy atom. The lowest BCUT2D eigenvalue weighted by atomic mass is 10.4. The van der Waals surface area contributed by atoms with Crippen LogP contribution in [0.5, 0.6) is 0 Å². The molecule has 1 aromatic heterocycles. The number of rotatable bonds is 3. The fraction of sp³-hybridized carbons (Fsp3) is 0.333. The first kappa shape index (κ1) is 9.33. The zero-order chi connectivity index (χ0) is 9.68. The van der Waals surface area contributed by atoms with Crippen molar-refractivity contribution in [1.82, 2.24) is 14.9 Å². The number of aromatic nitrogens is 2. The molecule has 0 bridgehead atoms. The van der Waals surface area contributed by atoms with Gasteiger partial charge in [-0.15, -0.1) is 12.3 Å². The van der Waals surface area contributed by atoms with Gasteiger partial charge in [0.1, 0.15) is 5.69 Å². The highest BCUT2D eigenvalue weighted by Gasteiger charge is 2.06. The molecule has 0 aliphatic heterocycles. The van der Waals surface area contributed by atoms with E-state index in [1.807, 2.05) is 7.05 Å². The average molecular weight is 177 g/mol. The van der Waals surface area contributed by atoms with Crippen LogP contribution in [0.3, 0.4) is 0 Å². The highest BCUT2D eigenvalue weighted by Crippen LogP contribution is 1.92. The first-order valence-corrected chi connectivity index (χ1v) is 3.93. The number of amides is 1. The first-order chi connectivity index (χ1) is 6.24. The van der Waals surface area contributed by atoms with Crippen molar-refractivity contribution in [2.75, 3.05) is 6.54 Å². The Balaban J connectivity index is 2.45. The number of carbonyl (C=O) groups excluding carboxylic acids is 1. The summed E-state index contributed by atoms with van der Waals surface area (Å²) in [5, 5.41) is 2.66. The second kappa shape index (κ2) is 4.31. The van der Waals surface area contributed by atoms with Crippen LogP contribution in [0.15, 0.2) is 12.5 Å². The van der Waals surface area contributed by atoms with Crippen molar-refractivity contribution in [2.45, 2.75) is 6.42 Å². The Morgan fingerprint density at radius 1 is 1.85 bits per heavy atom. The zero-order valence-electron chi connectivity index (χ0n) is 7.45. The summed E-state index contributed by atoms with van der Waals surface area (Å²) < 4.78 is 1.72. The van der Waals surface area contributed by atoms with E-state index in [0.29, 0.717) is 18.7 Å². The van der Waals surface area contributed by atoms with E-state index in [2.05, 4.69) is 16.2 Å². The number of hydrogen-bond acceptors (Lipinski definition) is 2. The summed E-state index contributed by atoms with van der Waals surface area (Å²) in [6, 6.07) is 0. The first-order valence-electron chi connectivity index (χ1n) is 3.93. The summed E-state index contributed by atoms with van der Waals surface area (Å²) in [4.78, 5) is 15.2. The van der Waals surface area contributed by atoms with E-state index in [1.165, 1.54) is 0 Å². The molecular weight excluding hydrogens is 166 g/mol. The fourth-order valence-electron chi connectivity index (χ4n) is 0.869. The SMILES string of the molecule is C#CCCNC(=O)c1cn(C)cn1. The highest BCUT2D eigenvalue weighted by molar-refractivity contribution is 5.91. The van der Waals surface area contributed by atoms with Crippen LogP contribution in [-0.4, -0.2) is 22.0 Å². The number of imidazole rings is 1. The molecular formula is C9H11N3O. The molecule has 0 radical (unpaired) electrons. The molecule has 0 spiro atoms. The van der Waals surface area contributed by atoms with Gasteiger partial charge in [-0.25, -0.2) is 4.98 Å². The van der Waals surface area contributed by atoms with Gasteiger partial charge < -0.3 is 9.88 Å². The van der Waals surface area contributed by atoms with Crippen molar-refractivity contribution in [2.24, 2.45) is 7.05 Å². The molecule has 1 N–H and O–H groups in total. The molecule has 0 atom stereocenters. The molecule has 0 aromatic carbocycles. The number of terminal acetylenes is 1. The van der Waals surface area contributed by atoms with Crippen LogP contribution in [0.4, 0.5) is 0 Å². The zero-order valence-corrected chi connectivity index (χ0v) is 7.45. The fourth-order valence-corrected chi connectivity index (χ4v) is 0.869. The average Bonchev–Trinajstić information content (AvgIpc) is 2.52. The number of aryl methyl sites for hydroxylation is 1. The minimum Gasteiger partial charge on any atom is -0.350 e. The molecule has 68 valence electrons. The molecule has 4 nitrogen and oxygen atoms in total. The number of nitrogens with zero attached hydrogens (tertiary/aromatic N) is 2. The van der Waals surface area contributed by atoms with Crippen LogP contribution >= 0.6 is 0 Å². The van der Waals surface area contributed by atoms with E-state index in [9.17, 15) is 4.79 Å². The third-order valence-corrected chi connectivity index (χ3v) is 1.49. The quantitative estimate of drug-likeness (QED) is 0.528. The summed E-state index contributed by atoms with van der Waals surface area (Å²) in [6.45, 7) is 0.492. The Bertz CT molecular complexity index is 335. The molecule has 0 fully saturated rings. The van der Waals surface area contributed by atoms with E-state index in [4.69, 9.17) is 6.42 Å². The summed E-state index contributed by atoms with van der Waals surface area (Å²) in [7, 11) is 1.81. The Morgan fingerprint density at radius 2 is 2.62 bits per heavy atom. The highest BCUT2D eigenvalue weighted by atomic mass is 16.1. The van der Waals surface area contributed by atoms with Crippen LogP contribution in [0.2, 0.25) is 0 Å². The number of carbonyl (C=O) groups is 1.